The fourth-order valence-electron chi connectivity index (χ4n) is 2.75. The zero-order chi connectivity index (χ0) is 12.8. The smallest absolute Gasteiger partial charge is 0.0274 e. The molecule has 0 aliphatic rings. The molecular weight excluding hydrogens is 204 g/mol. The number of benzene rings is 1. The van der Waals surface area contributed by atoms with E-state index in [0.717, 1.165) is 0 Å². The van der Waals surface area contributed by atoms with Crippen LogP contribution in [-0.4, -0.2) is 0 Å². The van der Waals surface area contributed by atoms with Crippen molar-refractivity contribution in [1.82, 2.24) is 0 Å². The van der Waals surface area contributed by atoms with Crippen molar-refractivity contribution in [3.8, 4) is 0 Å². The van der Waals surface area contributed by atoms with Gasteiger partial charge in [0.1, 0.15) is 0 Å². The normalized spacial score (nSPS) is 10.9. The van der Waals surface area contributed by atoms with Gasteiger partial charge < -0.3 is 0 Å². The third-order valence-electron chi connectivity index (χ3n) is 3.85. The van der Waals surface area contributed by atoms with Gasteiger partial charge >= 0.3 is 0 Å². The van der Waals surface area contributed by atoms with E-state index in [1.165, 1.54) is 49.7 Å². The van der Waals surface area contributed by atoms with Crippen LogP contribution in [0.4, 0.5) is 0 Å². The van der Waals surface area contributed by atoms with E-state index < -0.39 is 0 Å². The molecular formula is C17H28. The number of unbranched alkanes of at least 4 members (excludes halogenated alkanes) is 2. The van der Waals surface area contributed by atoms with Crippen molar-refractivity contribution < 1.29 is 0 Å². The molecule has 1 aromatic rings. The minimum Gasteiger partial charge on any atom is -0.0654 e. The highest BCUT2D eigenvalue weighted by Crippen LogP contribution is 2.25. The van der Waals surface area contributed by atoms with Gasteiger partial charge in [0.25, 0.3) is 0 Å². The predicted octanol–water partition coefficient (Wildman–Crippen LogP) is 5.30. The SMILES string of the molecule is CCCCc1c(C)cc(C)c(CCCC)c1C. The van der Waals surface area contributed by atoms with Crippen molar-refractivity contribution in [2.45, 2.75) is 73.1 Å². The Kier molecular flexibility index (Phi) is 5.74. The molecule has 0 aliphatic heterocycles. The van der Waals surface area contributed by atoms with Gasteiger partial charge in [-0.3, -0.25) is 0 Å². The predicted molar refractivity (Wildman–Crippen MR) is 77.9 cm³/mol. The summed E-state index contributed by atoms with van der Waals surface area (Å²) >= 11 is 0. The van der Waals surface area contributed by atoms with Crippen LogP contribution in [0.1, 0.15) is 67.3 Å². The first-order valence-corrected chi connectivity index (χ1v) is 7.20. The molecule has 0 heterocycles. The molecule has 0 saturated heterocycles. The molecule has 0 bridgehead atoms. The molecule has 0 aliphatic carbocycles. The molecule has 0 atom stereocenters. The van der Waals surface area contributed by atoms with Crippen LogP contribution in [-0.2, 0) is 12.8 Å². The van der Waals surface area contributed by atoms with E-state index in [-0.39, 0.29) is 0 Å². The Morgan fingerprint density at radius 2 is 1.18 bits per heavy atom. The second-order valence-corrected chi connectivity index (χ2v) is 5.30. The standard InChI is InChI=1S/C17H28/c1-6-8-10-16-13(3)12-14(4)17(15(16)5)11-9-7-2/h12H,6-11H2,1-5H3. The Morgan fingerprint density at radius 3 is 1.53 bits per heavy atom. The average Bonchev–Trinajstić information content (AvgIpc) is 2.28. The van der Waals surface area contributed by atoms with Crippen LogP contribution in [0.15, 0.2) is 6.07 Å². The monoisotopic (exact) mass is 232 g/mol. The van der Waals surface area contributed by atoms with Gasteiger partial charge in [0.15, 0.2) is 0 Å². The Morgan fingerprint density at radius 1 is 0.765 bits per heavy atom. The summed E-state index contributed by atoms with van der Waals surface area (Å²) in [7, 11) is 0. The lowest BCUT2D eigenvalue weighted by Crippen LogP contribution is -2.02. The first kappa shape index (κ1) is 14.3. The number of hydrogen-bond acceptors (Lipinski definition) is 0. The van der Waals surface area contributed by atoms with Crippen molar-refractivity contribution in [3.05, 3.63) is 33.9 Å². The molecule has 0 saturated carbocycles. The quantitative estimate of drug-likeness (QED) is 0.624. The van der Waals surface area contributed by atoms with Crippen LogP contribution in [0.5, 0.6) is 0 Å². The van der Waals surface area contributed by atoms with Crippen LogP contribution in [0.2, 0.25) is 0 Å². The van der Waals surface area contributed by atoms with Gasteiger partial charge in [-0.15, -0.1) is 0 Å². The summed E-state index contributed by atoms with van der Waals surface area (Å²) in [5.74, 6) is 0. The highest BCUT2D eigenvalue weighted by atomic mass is 14.1. The summed E-state index contributed by atoms with van der Waals surface area (Å²) in [6, 6.07) is 2.39. The zero-order valence-corrected chi connectivity index (χ0v) is 12.3. The zero-order valence-electron chi connectivity index (χ0n) is 12.3. The summed E-state index contributed by atoms with van der Waals surface area (Å²) in [6.07, 6.45) is 7.73. The lowest BCUT2D eigenvalue weighted by molar-refractivity contribution is 0.766. The van der Waals surface area contributed by atoms with E-state index in [0.29, 0.717) is 0 Å². The van der Waals surface area contributed by atoms with Gasteiger partial charge in [-0.25, -0.2) is 0 Å². The van der Waals surface area contributed by atoms with E-state index in [2.05, 4.69) is 40.7 Å². The summed E-state index contributed by atoms with van der Waals surface area (Å²) in [5, 5.41) is 0. The van der Waals surface area contributed by atoms with Gasteiger partial charge in [0.2, 0.25) is 0 Å². The van der Waals surface area contributed by atoms with Gasteiger partial charge in [0, 0.05) is 0 Å². The molecule has 0 nitrogen and oxygen atoms in total. The lowest BCUT2D eigenvalue weighted by atomic mass is 9.88. The molecule has 1 aromatic carbocycles. The van der Waals surface area contributed by atoms with Crippen LogP contribution < -0.4 is 0 Å². The molecule has 0 N–H and O–H groups in total. The second-order valence-electron chi connectivity index (χ2n) is 5.30. The largest absolute Gasteiger partial charge is 0.0654 e. The molecule has 0 aromatic heterocycles. The molecule has 0 fully saturated rings. The first-order valence-electron chi connectivity index (χ1n) is 7.20. The van der Waals surface area contributed by atoms with E-state index in [1.54, 1.807) is 16.7 Å². The molecule has 0 radical (unpaired) electrons. The lowest BCUT2D eigenvalue weighted by Gasteiger charge is -2.17. The van der Waals surface area contributed by atoms with E-state index >= 15 is 0 Å². The average molecular weight is 232 g/mol. The van der Waals surface area contributed by atoms with Gasteiger partial charge in [-0.2, -0.15) is 0 Å². The molecule has 1 rings (SSSR count). The minimum absolute atomic E-state index is 1.26. The molecule has 0 heteroatoms. The Hall–Kier alpha value is -0.780. The topological polar surface area (TPSA) is 0 Å². The Balaban J connectivity index is 3.04. The number of rotatable bonds is 6. The summed E-state index contributed by atoms with van der Waals surface area (Å²) in [4.78, 5) is 0. The third kappa shape index (κ3) is 3.59. The van der Waals surface area contributed by atoms with Crippen molar-refractivity contribution in [2.75, 3.05) is 0 Å². The summed E-state index contributed by atoms with van der Waals surface area (Å²) in [6.45, 7) is 11.4. The van der Waals surface area contributed by atoms with Crippen molar-refractivity contribution in [2.24, 2.45) is 0 Å². The highest BCUT2D eigenvalue weighted by Gasteiger charge is 2.10. The number of aryl methyl sites for hydroxylation is 2. The highest BCUT2D eigenvalue weighted by molar-refractivity contribution is 5.44. The van der Waals surface area contributed by atoms with Crippen molar-refractivity contribution in [3.63, 3.8) is 0 Å². The maximum atomic E-state index is 2.39. The first-order chi connectivity index (χ1) is 8.11. The van der Waals surface area contributed by atoms with E-state index in [9.17, 15) is 0 Å². The molecule has 96 valence electrons. The van der Waals surface area contributed by atoms with E-state index in [4.69, 9.17) is 0 Å². The summed E-state index contributed by atoms with van der Waals surface area (Å²) < 4.78 is 0. The fourth-order valence-corrected chi connectivity index (χ4v) is 2.75. The number of hydrogen-bond donors (Lipinski definition) is 0. The molecule has 17 heavy (non-hydrogen) atoms. The third-order valence-corrected chi connectivity index (χ3v) is 3.85. The van der Waals surface area contributed by atoms with Crippen LogP contribution in [0.25, 0.3) is 0 Å². The van der Waals surface area contributed by atoms with Gasteiger partial charge in [0.05, 0.1) is 0 Å². The van der Waals surface area contributed by atoms with Crippen molar-refractivity contribution >= 4 is 0 Å². The maximum absolute atomic E-state index is 2.39. The molecule has 0 unspecified atom stereocenters. The maximum Gasteiger partial charge on any atom is -0.0274 e. The molecule has 0 spiro atoms. The Bertz CT molecular complexity index is 329. The van der Waals surface area contributed by atoms with Crippen LogP contribution in [0.3, 0.4) is 0 Å². The second kappa shape index (κ2) is 6.83. The summed E-state index contributed by atoms with van der Waals surface area (Å²) in [5.41, 5.74) is 7.79. The fraction of sp³-hybridized carbons (Fsp3) is 0.647. The van der Waals surface area contributed by atoms with Crippen LogP contribution >= 0.6 is 0 Å². The van der Waals surface area contributed by atoms with E-state index in [1.807, 2.05) is 0 Å². The Labute approximate surface area is 107 Å². The van der Waals surface area contributed by atoms with Gasteiger partial charge in [-0.1, -0.05) is 32.8 Å². The molecule has 0 amide bonds. The van der Waals surface area contributed by atoms with Crippen molar-refractivity contribution in [1.29, 1.82) is 0 Å². The minimum atomic E-state index is 1.26. The van der Waals surface area contributed by atoms with Gasteiger partial charge in [-0.05, 0) is 74.3 Å². The van der Waals surface area contributed by atoms with Crippen LogP contribution in [0, 0.1) is 20.8 Å².